The lowest BCUT2D eigenvalue weighted by Gasteiger charge is -2.13. The molecule has 8 heteroatoms. The SMILES string of the molecule is Cn1ncc2c1CC[C@H](NC(=O)c1n[nH]c(Cc3ccccc3)n1)C(=O)C2. The average molecular weight is 364 g/mol. The molecule has 1 aliphatic rings. The van der Waals surface area contributed by atoms with Crippen molar-refractivity contribution in [1.82, 2.24) is 30.3 Å². The predicted octanol–water partition coefficient (Wildman–Crippen LogP) is 0.985. The van der Waals surface area contributed by atoms with Crippen molar-refractivity contribution < 1.29 is 9.59 Å². The van der Waals surface area contributed by atoms with E-state index in [9.17, 15) is 9.59 Å². The second-order valence-electron chi connectivity index (χ2n) is 6.72. The first-order valence-electron chi connectivity index (χ1n) is 8.88. The molecule has 0 unspecified atom stereocenters. The Kier molecular flexibility index (Phi) is 4.53. The van der Waals surface area contributed by atoms with Crippen molar-refractivity contribution in [2.24, 2.45) is 7.05 Å². The van der Waals surface area contributed by atoms with Crippen LogP contribution in [0, 0.1) is 0 Å². The summed E-state index contributed by atoms with van der Waals surface area (Å²) < 4.78 is 1.79. The van der Waals surface area contributed by atoms with Crippen LogP contribution in [0.5, 0.6) is 0 Å². The topological polar surface area (TPSA) is 106 Å². The van der Waals surface area contributed by atoms with Gasteiger partial charge in [0.25, 0.3) is 5.91 Å². The molecule has 4 rings (SSSR count). The first-order valence-corrected chi connectivity index (χ1v) is 8.88. The van der Waals surface area contributed by atoms with Gasteiger partial charge in [0, 0.05) is 31.1 Å². The molecule has 2 aromatic heterocycles. The number of benzene rings is 1. The first kappa shape index (κ1) is 17.1. The lowest BCUT2D eigenvalue weighted by Crippen LogP contribution is -2.41. The van der Waals surface area contributed by atoms with E-state index in [1.165, 1.54) is 0 Å². The van der Waals surface area contributed by atoms with E-state index < -0.39 is 11.9 Å². The van der Waals surface area contributed by atoms with Gasteiger partial charge in [0.05, 0.1) is 12.2 Å². The number of ketones is 1. The highest BCUT2D eigenvalue weighted by Crippen LogP contribution is 2.18. The van der Waals surface area contributed by atoms with Gasteiger partial charge in [-0.25, -0.2) is 4.98 Å². The van der Waals surface area contributed by atoms with Crippen LogP contribution < -0.4 is 5.32 Å². The molecule has 1 atom stereocenters. The van der Waals surface area contributed by atoms with E-state index in [1.54, 1.807) is 10.9 Å². The lowest BCUT2D eigenvalue weighted by molar-refractivity contribution is -0.120. The van der Waals surface area contributed by atoms with Crippen molar-refractivity contribution in [1.29, 1.82) is 0 Å². The average Bonchev–Trinajstić information content (AvgIpc) is 3.22. The van der Waals surface area contributed by atoms with Crippen LogP contribution in [0.25, 0.3) is 0 Å². The molecule has 0 aliphatic heterocycles. The summed E-state index contributed by atoms with van der Waals surface area (Å²) in [5, 5.41) is 13.8. The Balaban J connectivity index is 1.41. The molecule has 0 saturated carbocycles. The first-order chi connectivity index (χ1) is 13.1. The normalized spacial score (nSPS) is 16.6. The Labute approximate surface area is 156 Å². The Morgan fingerprint density at radius 2 is 2.15 bits per heavy atom. The van der Waals surface area contributed by atoms with Crippen molar-refractivity contribution >= 4 is 11.7 Å². The van der Waals surface area contributed by atoms with Crippen LogP contribution in [0.15, 0.2) is 36.5 Å². The van der Waals surface area contributed by atoms with Gasteiger partial charge in [0.15, 0.2) is 5.78 Å². The Hall–Kier alpha value is -3.29. The maximum Gasteiger partial charge on any atom is 0.291 e. The third-order valence-electron chi connectivity index (χ3n) is 4.83. The number of aromatic nitrogens is 5. The van der Waals surface area contributed by atoms with Crippen LogP contribution in [-0.2, 0) is 31.1 Å². The Morgan fingerprint density at radius 3 is 2.96 bits per heavy atom. The number of amides is 1. The van der Waals surface area contributed by atoms with Gasteiger partial charge in [-0.2, -0.15) is 5.10 Å². The summed E-state index contributed by atoms with van der Waals surface area (Å²) in [7, 11) is 1.87. The van der Waals surface area contributed by atoms with Gasteiger partial charge in [-0.05, 0) is 18.4 Å². The number of carbonyl (C=O) groups excluding carboxylic acids is 2. The van der Waals surface area contributed by atoms with Crippen LogP contribution in [0.4, 0.5) is 0 Å². The molecule has 1 amide bonds. The molecule has 0 spiro atoms. The van der Waals surface area contributed by atoms with E-state index >= 15 is 0 Å². The summed E-state index contributed by atoms with van der Waals surface area (Å²) in [5.41, 5.74) is 3.05. The summed E-state index contributed by atoms with van der Waals surface area (Å²) in [6.07, 6.45) is 3.80. The van der Waals surface area contributed by atoms with Gasteiger partial charge in [-0.1, -0.05) is 30.3 Å². The number of aryl methyl sites for hydroxylation is 1. The van der Waals surface area contributed by atoms with Crippen molar-refractivity contribution in [3.8, 4) is 0 Å². The minimum atomic E-state index is -0.541. The third-order valence-corrected chi connectivity index (χ3v) is 4.83. The van der Waals surface area contributed by atoms with E-state index in [0.717, 1.165) is 16.8 Å². The zero-order valence-corrected chi connectivity index (χ0v) is 15.0. The number of rotatable bonds is 4. The number of fused-ring (bicyclic) bond motifs is 1. The summed E-state index contributed by atoms with van der Waals surface area (Å²) in [6, 6.07) is 9.27. The predicted molar refractivity (Wildman–Crippen MR) is 97.1 cm³/mol. The molecule has 0 saturated heterocycles. The highest BCUT2D eigenvalue weighted by atomic mass is 16.2. The highest BCUT2D eigenvalue weighted by Gasteiger charge is 2.28. The molecular formula is C19H20N6O2. The third kappa shape index (κ3) is 3.64. The molecule has 0 radical (unpaired) electrons. The molecule has 2 N–H and O–H groups in total. The monoisotopic (exact) mass is 364 g/mol. The highest BCUT2D eigenvalue weighted by molar-refractivity contribution is 5.96. The zero-order valence-electron chi connectivity index (χ0n) is 15.0. The van der Waals surface area contributed by atoms with Crippen molar-refractivity contribution in [3.05, 3.63) is 65.0 Å². The maximum absolute atomic E-state index is 12.5. The van der Waals surface area contributed by atoms with Crippen molar-refractivity contribution in [2.45, 2.75) is 31.7 Å². The number of Topliss-reactive ketones (excluding diaryl/α,β-unsaturated/α-hetero) is 1. The molecule has 1 aromatic carbocycles. The number of hydrogen-bond acceptors (Lipinski definition) is 5. The standard InChI is InChI=1S/C19H20N6O2/c1-25-15-8-7-14(16(26)10-13(15)11-20-25)21-19(27)18-22-17(23-24-18)9-12-5-3-2-4-6-12/h2-6,11,14H,7-10H2,1H3,(H,21,27)(H,22,23,24)/t14-/m0/s1. The van der Waals surface area contributed by atoms with E-state index in [-0.39, 0.29) is 18.0 Å². The molecule has 0 fully saturated rings. The van der Waals surface area contributed by atoms with Gasteiger partial charge >= 0.3 is 0 Å². The zero-order chi connectivity index (χ0) is 18.8. The fourth-order valence-electron chi connectivity index (χ4n) is 3.37. The Morgan fingerprint density at radius 1 is 1.33 bits per heavy atom. The summed E-state index contributed by atoms with van der Waals surface area (Å²) in [5.74, 6) is 0.206. The van der Waals surface area contributed by atoms with Crippen LogP contribution in [0.2, 0.25) is 0 Å². The van der Waals surface area contributed by atoms with Crippen LogP contribution in [0.3, 0.4) is 0 Å². The quantitative estimate of drug-likeness (QED) is 0.672. The fourth-order valence-corrected chi connectivity index (χ4v) is 3.37. The number of carbonyl (C=O) groups is 2. The summed E-state index contributed by atoms with van der Waals surface area (Å²) in [4.78, 5) is 29.2. The van der Waals surface area contributed by atoms with Crippen LogP contribution in [-0.4, -0.2) is 42.7 Å². The molecule has 138 valence electrons. The van der Waals surface area contributed by atoms with Crippen LogP contribution >= 0.6 is 0 Å². The number of nitrogens with one attached hydrogen (secondary N) is 2. The molecule has 2 heterocycles. The second kappa shape index (κ2) is 7.14. The van der Waals surface area contributed by atoms with Gasteiger partial charge in [0.2, 0.25) is 5.82 Å². The fraction of sp³-hybridized carbons (Fsp3) is 0.316. The molecule has 1 aliphatic carbocycles. The number of hydrogen-bond donors (Lipinski definition) is 2. The van der Waals surface area contributed by atoms with Crippen LogP contribution in [0.1, 0.15) is 39.7 Å². The largest absolute Gasteiger partial charge is 0.339 e. The Bertz CT molecular complexity index is 975. The van der Waals surface area contributed by atoms with E-state index in [2.05, 4.69) is 25.6 Å². The van der Waals surface area contributed by atoms with E-state index in [4.69, 9.17) is 0 Å². The van der Waals surface area contributed by atoms with Gasteiger partial charge < -0.3 is 5.32 Å². The minimum Gasteiger partial charge on any atom is -0.339 e. The van der Waals surface area contributed by atoms with E-state index in [1.807, 2.05) is 37.4 Å². The maximum atomic E-state index is 12.5. The molecule has 0 bridgehead atoms. The van der Waals surface area contributed by atoms with Gasteiger partial charge in [-0.3, -0.25) is 19.4 Å². The van der Waals surface area contributed by atoms with E-state index in [0.29, 0.717) is 25.1 Å². The second-order valence-corrected chi connectivity index (χ2v) is 6.72. The molecule has 8 nitrogen and oxygen atoms in total. The lowest BCUT2D eigenvalue weighted by atomic mass is 10.1. The molecular weight excluding hydrogens is 344 g/mol. The summed E-state index contributed by atoms with van der Waals surface area (Å²) in [6.45, 7) is 0. The summed E-state index contributed by atoms with van der Waals surface area (Å²) >= 11 is 0. The molecule has 3 aromatic rings. The molecule has 27 heavy (non-hydrogen) atoms. The van der Waals surface area contributed by atoms with Gasteiger partial charge in [-0.15, -0.1) is 5.10 Å². The van der Waals surface area contributed by atoms with Crippen molar-refractivity contribution in [3.63, 3.8) is 0 Å². The number of nitrogens with zero attached hydrogens (tertiary/aromatic N) is 4. The number of H-pyrrole nitrogens is 1. The minimum absolute atomic E-state index is 0.0184. The smallest absolute Gasteiger partial charge is 0.291 e. The number of aromatic amines is 1. The van der Waals surface area contributed by atoms with Crippen molar-refractivity contribution in [2.75, 3.05) is 0 Å². The van der Waals surface area contributed by atoms with Gasteiger partial charge in [0.1, 0.15) is 5.82 Å².